The van der Waals surface area contributed by atoms with E-state index >= 15 is 0 Å². The molecule has 88 valence electrons. The van der Waals surface area contributed by atoms with Crippen LogP contribution in [0.1, 0.15) is 29.3 Å². The predicted molar refractivity (Wildman–Crippen MR) is 66.5 cm³/mol. The molecule has 0 spiro atoms. The number of hydrogen-bond acceptors (Lipinski definition) is 3. The number of rotatable bonds is 5. The summed E-state index contributed by atoms with van der Waals surface area (Å²) in [5, 5.41) is 3.31. The van der Waals surface area contributed by atoms with Crippen LogP contribution in [0.15, 0.2) is 18.2 Å². The van der Waals surface area contributed by atoms with Crippen molar-refractivity contribution in [2.75, 3.05) is 11.9 Å². The Bertz CT molecular complexity index is 373. The number of primary amides is 1. The summed E-state index contributed by atoms with van der Waals surface area (Å²) in [5.41, 5.74) is 13.3. The Labute approximate surface area is 96.0 Å². The van der Waals surface area contributed by atoms with Crippen molar-refractivity contribution in [1.29, 1.82) is 0 Å². The number of amides is 1. The van der Waals surface area contributed by atoms with Crippen molar-refractivity contribution in [3.63, 3.8) is 0 Å². The molecule has 0 saturated heterocycles. The van der Waals surface area contributed by atoms with Gasteiger partial charge in [0.15, 0.2) is 0 Å². The standard InChI is InChI=1S/C12H19N3O/c1-3-9(7-13)15-10-4-5-11(12(14)16)8(2)6-10/h4-6,9,15H,3,7,13H2,1-2H3,(H2,14,16). The largest absolute Gasteiger partial charge is 0.381 e. The maximum atomic E-state index is 11.0. The SMILES string of the molecule is CCC(CN)Nc1ccc(C(N)=O)c(C)c1. The normalized spacial score (nSPS) is 12.2. The molecule has 16 heavy (non-hydrogen) atoms. The molecule has 0 fully saturated rings. The smallest absolute Gasteiger partial charge is 0.248 e. The Morgan fingerprint density at radius 3 is 2.62 bits per heavy atom. The van der Waals surface area contributed by atoms with Crippen LogP contribution in [0, 0.1) is 6.92 Å². The van der Waals surface area contributed by atoms with Gasteiger partial charge in [-0.05, 0) is 37.1 Å². The molecule has 0 aliphatic rings. The second kappa shape index (κ2) is 5.51. The second-order valence-corrected chi connectivity index (χ2v) is 3.88. The summed E-state index contributed by atoms with van der Waals surface area (Å²) >= 11 is 0. The van der Waals surface area contributed by atoms with Gasteiger partial charge < -0.3 is 16.8 Å². The van der Waals surface area contributed by atoms with Crippen molar-refractivity contribution in [2.24, 2.45) is 11.5 Å². The van der Waals surface area contributed by atoms with E-state index in [1.165, 1.54) is 0 Å². The van der Waals surface area contributed by atoms with Gasteiger partial charge in [-0.2, -0.15) is 0 Å². The predicted octanol–water partition coefficient (Wildman–Crippen LogP) is 1.24. The number of nitrogens with one attached hydrogen (secondary N) is 1. The lowest BCUT2D eigenvalue weighted by molar-refractivity contribution is 0.1000. The van der Waals surface area contributed by atoms with E-state index in [2.05, 4.69) is 12.2 Å². The molecule has 0 heterocycles. The molecular weight excluding hydrogens is 202 g/mol. The zero-order valence-corrected chi connectivity index (χ0v) is 9.79. The molecule has 1 unspecified atom stereocenters. The van der Waals surface area contributed by atoms with Gasteiger partial charge in [-0.1, -0.05) is 6.92 Å². The number of hydrogen-bond donors (Lipinski definition) is 3. The van der Waals surface area contributed by atoms with Crippen molar-refractivity contribution in [3.05, 3.63) is 29.3 Å². The van der Waals surface area contributed by atoms with Crippen LogP contribution in [-0.4, -0.2) is 18.5 Å². The minimum Gasteiger partial charge on any atom is -0.381 e. The van der Waals surface area contributed by atoms with E-state index in [0.717, 1.165) is 17.7 Å². The van der Waals surface area contributed by atoms with Crippen LogP contribution in [0.4, 0.5) is 5.69 Å². The van der Waals surface area contributed by atoms with Gasteiger partial charge in [0.25, 0.3) is 0 Å². The first-order valence-corrected chi connectivity index (χ1v) is 5.45. The molecule has 1 amide bonds. The highest BCUT2D eigenvalue weighted by molar-refractivity contribution is 5.94. The Morgan fingerprint density at radius 2 is 2.19 bits per heavy atom. The van der Waals surface area contributed by atoms with E-state index in [0.29, 0.717) is 12.1 Å². The Kier molecular flexibility index (Phi) is 4.31. The number of benzene rings is 1. The first-order chi connectivity index (χ1) is 7.58. The molecule has 1 aromatic rings. The van der Waals surface area contributed by atoms with Crippen molar-refractivity contribution in [3.8, 4) is 0 Å². The van der Waals surface area contributed by atoms with Crippen molar-refractivity contribution < 1.29 is 4.79 Å². The third kappa shape index (κ3) is 2.97. The summed E-state index contributed by atoms with van der Waals surface area (Å²) in [5.74, 6) is -0.394. The summed E-state index contributed by atoms with van der Waals surface area (Å²) in [7, 11) is 0. The Balaban J connectivity index is 2.84. The fraction of sp³-hybridized carbons (Fsp3) is 0.417. The van der Waals surface area contributed by atoms with Gasteiger partial charge in [0.2, 0.25) is 5.91 Å². The minimum absolute atomic E-state index is 0.263. The molecule has 1 rings (SSSR count). The lowest BCUT2D eigenvalue weighted by atomic mass is 10.1. The number of carbonyl (C=O) groups is 1. The number of carbonyl (C=O) groups excluding carboxylic acids is 1. The highest BCUT2D eigenvalue weighted by Crippen LogP contribution is 2.16. The maximum Gasteiger partial charge on any atom is 0.248 e. The van der Waals surface area contributed by atoms with E-state index < -0.39 is 5.91 Å². The average Bonchev–Trinajstić information content (AvgIpc) is 2.25. The monoisotopic (exact) mass is 221 g/mol. The van der Waals surface area contributed by atoms with Gasteiger partial charge in [0.1, 0.15) is 0 Å². The molecule has 0 aliphatic heterocycles. The Morgan fingerprint density at radius 1 is 1.50 bits per heavy atom. The molecule has 1 aromatic carbocycles. The second-order valence-electron chi connectivity index (χ2n) is 3.88. The van der Waals surface area contributed by atoms with Gasteiger partial charge >= 0.3 is 0 Å². The van der Waals surface area contributed by atoms with E-state index in [-0.39, 0.29) is 6.04 Å². The fourth-order valence-electron chi connectivity index (χ4n) is 1.59. The fourth-order valence-corrected chi connectivity index (χ4v) is 1.59. The lowest BCUT2D eigenvalue weighted by Crippen LogP contribution is -2.28. The van der Waals surface area contributed by atoms with E-state index in [1.54, 1.807) is 6.07 Å². The van der Waals surface area contributed by atoms with Crippen molar-refractivity contribution in [1.82, 2.24) is 0 Å². The van der Waals surface area contributed by atoms with Crippen LogP contribution in [0.5, 0.6) is 0 Å². The zero-order chi connectivity index (χ0) is 12.1. The average molecular weight is 221 g/mol. The van der Waals surface area contributed by atoms with Crippen LogP contribution in [-0.2, 0) is 0 Å². The van der Waals surface area contributed by atoms with Gasteiger partial charge in [0, 0.05) is 23.8 Å². The summed E-state index contributed by atoms with van der Waals surface area (Å²) in [6, 6.07) is 5.77. The lowest BCUT2D eigenvalue weighted by Gasteiger charge is -2.16. The molecular formula is C12H19N3O. The highest BCUT2D eigenvalue weighted by Gasteiger charge is 2.07. The Hall–Kier alpha value is -1.55. The first-order valence-electron chi connectivity index (χ1n) is 5.45. The van der Waals surface area contributed by atoms with E-state index in [9.17, 15) is 4.79 Å². The topological polar surface area (TPSA) is 81.1 Å². The summed E-state index contributed by atoms with van der Waals surface area (Å²) < 4.78 is 0. The summed E-state index contributed by atoms with van der Waals surface area (Å²) in [6.07, 6.45) is 0.965. The molecule has 1 atom stereocenters. The van der Waals surface area contributed by atoms with E-state index in [4.69, 9.17) is 11.5 Å². The van der Waals surface area contributed by atoms with Gasteiger partial charge in [-0.3, -0.25) is 4.79 Å². The maximum absolute atomic E-state index is 11.0. The quantitative estimate of drug-likeness (QED) is 0.699. The third-order valence-corrected chi connectivity index (χ3v) is 2.64. The molecule has 4 nitrogen and oxygen atoms in total. The van der Waals surface area contributed by atoms with Crippen LogP contribution < -0.4 is 16.8 Å². The summed E-state index contributed by atoms with van der Waals surface area (Å²) in [4.78, 5) is 11.0. The molecule has 0 saturated carbocycles. The van der Waals surface area contributed by atoms with Crippen LogP contribution in [0.3, 0.4) is 0 Å². The number of nitrogens with two attached hydrogens (primary N) is 2. The molecule has 0 aromatic heterocycles. The van der Waals surface area contributed by atoms with Gasteiger partial charge in [-0.15, -0.1) is 0 Å². The van der Waals surface area contributed by atoms with Crippen LogP contribution >= 0.6 is 0 Å². The molecule has 4 heteroatoms. The molecule has 0 radical (unpaired) electrons. The number of aryl methyl sites for hydroxylation is 1. The van der Waals surface area contributed by atoms with Gasteiger partial charge in [0.05, 0.1) is 0 Å². The highest BCUT2D eigenvalue weighted by atomic mass is 16.1. The van der Waals surface area contributed by atoms with Crippen molar-refractivity contribution >= 4 is 11.6 Å². The van der Waals surface area contributed by atoms with E-state index in [1.807, 2.05) is 19.1 Å². The minimum atomic E-state index is -0.394. The first kappa shape index (κ1) is 12.5. The van der Waals surface area contributed by atoms with Crippen molar-refractivity contribution in [2.45, 2.75) is 26.3 Å². The number of anilines is 1. The molecule has 5 N–H and O–H groups in total. The van der Waals surface area contributed by atoms with Crippen LogP contribution in [0.25, 0.3) is 0 Å². The zero-order valence-electron chi connectivity index (χ0n) is 9.79. The van der Waals surface area contributed by atoms with Crippen LogP contribution in [0.2, 0.25) is 0 Å². The molecule has 0 bridgehead atoms. The summed E-state index contributed by atoms with van der Waals surface area (Å²) in [6.45, 7) is 4.54. The molecule has 0 aliphatic carbocycles. The van der Waals surface area contributed by atoms with Gasteiger partial charge in [-0.25, -0.2) is 0 Å². The third-order valence-electron chi connectivity index (χ3n) is 2.64.